The first-order valence-corrected chi connectivity index (χ1v) is 11.1. The number of rotatable bonds is 5. The number of carboxylic acids is 1. The minimum absolute atomic E-state index is 0.141. The summed E-state index contributed by atoms with van der Waals surface area (Å²) in [5.74, 6) is -1.08. The van der Waals surface area contributed by atoms with E-state index in [0.29, 0.717) is 5.56 Å². The zero-order valence-corrected chi connectivity index (χ0v) is 18.6. The number of carbonyl (C=O) groups is 1. The molecule has 4 aromatic carbocycles. The van der Waals surface area contributed by atoms with Gasteiger partial charge in [-0.05, 0) is 70.3 Å². The van der Waals surface area contributed by atoms with E-state index in [-0.39, 0.29) is 11.5 Å². The number of aliphatic carboxylic acids is 1. The van der Waals surface area contributed by atoms with E-state index in [9.17, 15) is 9.90 Å². The normalized spacial score (nSPS) is 14.1. The van der Waals surface area contributed by atoms with E-state index in [1.165, 1.54) is 17.2 Å². The molecule has 1 aliphatic rings. The van der Waals surface area contributed by atoms with Gasteiger partial charge >= 0.3 is 5.97 Å². The van der Waals surface area contributed by atoms with Gasteiger partial charge in [0.1, 0.15) is 11.6 Å². The molecule has 1 aliphatic carbocycles. The van der Waals surface area contributed by atoms with Crippen LogP contribution in [0.2, 0.25) is 0 Å². The Labute approximate surface area is 198 Å². The van der Waals surface area contributed by atoms with Crippen molar-refractivity contribution in [1.82, 2.24) is 0 Å². The standard InChI is InChI=1S/C30H22N2O2/c1-20-28-17-21(16-22(19-31)30(33)34)12-14-26(28)27-15-13-25(18-29(20)27)32(23-8-4-2-5-9-23)24-10-6-3-7-11-24/h2-18,20H,1H3,(H,33,34). The fourth-order valence-electron chi connectivity index (χ4n) is 4.64. The molecule has 164 valence electrons. The van der Waals surface area contributed by atoms with Crippen molar-refractivity contribution in [2.75, 3.05) is 4.90 Å². The van der Waals surface area contributed by atoms with Crippen LogP contribution in [-0.2, 0) is 4.79 Å². The SMILES string of the molecule is CC1c2cc(C=C(C#N)C(=O)O)ccc2-c2ccc(N(c3ccccc3)c3ccccc3)cc21. The molecule has 5 rings (SSSR count). The highest BCUT2D eigenvalue weighted by Gasteiger charge is 2.27. The van der Waals surface area contributed by atoms with Crippen LogP contribution in [0.1, 0.15) is 29.5 Å². The fourth-order valence-corrected chi connectivity index (χ4v) is 4.64. The Balaban J connectivity index is 1.58. The second kappa shape index (κ2) is 8.73. The smallest absolute Gasteiger partial charge is 0.346 e. The second-order valence-electron chi connectivity index (χ2n) is 8.32. The van der Waals surface area contributed by atoms with Gasteiger partial charge in [0.25, 0.3) is 0 Å². The van der Waals surface area contributed by atoms with Crippen LogP contribution in [0.3, 0.4) is 0 Å². The summed E-state index contributed by atoms with van der Waals surface area (Å²) < 4.78 is 0. The number of benzene rings is 4. The number of carboxylic acid groups (broad SMARTS) is 1. The predicted octanol–water partition coefficient (Wildman–Crippen LogP) is 7.28. The Kier molecular flexibility index (Phi) is 5.45. The van der Waals surface area contributed by atoms with Crippen LogP contribution < -0.4 is 4.90 Å². The zero-order chi connectivity index (χ0) is 23.7. The van der Waals surface area contributed by atoms with Gasteiger partial charge in [0.2, 0.25) is 0 Å². The Morgan fingerprint density at radius 2 is 1.38 bits per heavy atom. The largest absolute Gasteiger partial charge is 0.477 e. The molecule has 0 heterocycles. The fraction of sp³-hybridized carbons (Fsp3) is 0.0667. The quantitative estimate of drug-likeness (QED) is 0.260. The van der Waals surface area contributed by atoms with Gasteiger partial charge < -0.3 is 10.0 Å². The van der Waals surface area contributed by atoms with E-state index in [2.05, 4.69) is 54.3 Å². The maximum absolute atomic E-state index is 11.3. The van der Waals surface area contributed by atoms with Crippen LogP contribution in [0.4, 0.5) is 17.1 Å². The molecule has 4 aromatic rings. The van der Waals surface area contributed by atoms with Gasteiger partial charge in [-0.25, -0.2) is 4.79 Å². The molecular formula is C30H22N2O2. The highest BCUT2D eigenvalue weighted by Crippen LogP contribution is 2.47. The van der Waals surface area contributed by atoms with Crippen LogP contribution in [-0.4, -0.2) is 11.1 Å². The van der Waals surface area contributed by atoms with Crippen molar-refractivity contribution in [2.45, 2.75) is 12.8 Å². The average Bonchev–Trinajstić information content (AvgIpc) is 3.15. The third kappa shape index (κ3) is 3.74. The Hall–Kier alpha value is -4.62. The summed E-state index contributed by atoms with van der Waals surface area (Å²) in [5, 5.41) is 18.3. The lowest BCUT2D eigenvalue weighted by molar-refractivity contribution is -0.132. The number of fused-ring (bicyclic) bond motifs is 3. The highest BCUT2D eigenvalue weighted by atomic mass is 16.4. The molecule has 0 radical (unpaired) electrons. The molecule has 0 amide bonds. The van der Waals surface area contributed by atoms with Crippen LogP contribution >= 0.6 is 0 Å². The third-order valence-electron chi connectivity index (χ3n) is 6.28. The van der Waals surface area contributed by atoms with Gasteiger partial charge in [-0.2, -0.15) is 5.26 Å². The minimum Gasteiger partial charge on any atom is -0.477 e. The molecule has 1 atom stereocenters. The predicted molar refractivity (Wildman–Crippen MR) is 135 cm³/mol. The lowest BCUT2D eigenvalue weighted by Gasteiger charge is -2.26. The number of anilines is 3. The van der Waals surface area contributed by atoms with Gasteiger partial charge in [-0.3, -0.25) is 0 Å². The Bertz CT molecular complexity index is 1410. The van der Waals surface area contributed by atoms with Gasteiger partial charge in [-0.15, -0.1) is 0 Å². The Morgan fingerprint density at radius 1 is 0.824 bits per heavy atom. The molecule has 1 unspecified atom stereocenters. The van der Waals surface area contributed by atoms with Gasteiger partial charge in [0.15, 0.2) is 0 Å². The molecule has 0 aliphatic heterocycles. The van der Waals surface area contributed by atoms with Crippen LogP contribution in [0.25, 0.3) is 17.2 Å². The number of hydrogen-bond donors (Lipinski definition) is 1. The van der Waals surface area contributed by atoms with Crippen LogP contribution in [0.5, 0.6) is 0 Å². The molecule has 0 aromatic heterocycles. The summed E-state index contributed by atoms with van der Waals surface area (Å²) in [7, 11) is 0. The molecule has 0 spiro atoms. The number of nitriles is 1. The molecule has 0 saturated carbocycles. The van der Waals surface area contributed by atoms with E-state index in [0.717, 1.165) is 28.2 Å². The molecule has 4 heteroatoms. The summed E-state index contributed by atoms with van der Waals surface area (Å²) in [6, 6.07) is 34.8. The van der Waals surface area contributed by atoms with E-state index in [1.807, 2.05) is 54.6 Å². The van der Waals surface area contributed by atoms with Crippen molar-refractivity contribution in [3.8, 4) is 17.2 Å². The summed E-state index contributed by atoms with van der Waals surface area (Å²) >= 11 is 0. The van der Waals surface area contributed by atoms with E-state index in [1.54, 1.807) is 6.07 Å². The molecule has 4 nitrogen and oxygen atoms in total. The lowest BCUT2D eigenvalue weighted by atomic mass is 9.97. The molecular weight excluding hydrogens is 420 g/mol. The first-order chi connectivity index (χ1) is 16.6. The molecule has 1 N–H and O–H groups in total. The van der Waals surface area contributed by atoms with Crippen LogP contribution in [0, 0.1) is 11.3 Å². The average molecular weight is 443 g/mol. The highest BCUT2D eigenvalue weighted by molar-refractivity contribution is 5.96. The maximum atomic E-state index is 11.3. The van der Waals surface area contributed by atoms with Gasteiger partial charge in [0, 0.05) is 23.0 Å². The molecule has 34 heavy (non-hydrogen) atoms. The summed E-state index contributed by atoms with van der Waals surface area (Å²) in [5.41, 5.74) is 8.38. The van der Waals surface area contributed by atoms with Crippen molar-refractivity contribution in [3.05, 3.63) is 119 Å². The number of para-hydroxylation sites is 2. The molecule has 0 saturated heterocycles. The summed E-state index contributed by atoms with van der Waals surface area (Å²) in [4.78, 5) is 13.5. The summed E-state index contributed by atoms with van der Waals surface area (Å²) in [6.45, 7) is 2.17. The monoisotopic (exact) mass is 442 g/mol. The van der Waals surface area contributed by atoms with Crippen molar-refractivity contribution in [1.29, 1.82) is 5.26 Å². The molecule has 0 bridgehead atoms. The minimum atomic E-state index is -1.22. The Morgan fingerprint density at radius 3 is 1.94 bits per heavy atom. The van der Waals surface area contributed by atoms with E-state index >= 15 is 0 Å². The van der Waals surface area contributed by atoms with Crippen molar-refractivity contribution in [3.63, 3.8) is 0 Å². The maximum Gasteiger partial charge on any atom is 0.346 e. The second-order valence-corrected chi connectivity index (χ2v) is 8.32. The topological polar surface area (TPSA) is 64.3 Å². The first-order valence-electron chi connectivity index (χ1n) is 11.1. The zero-order valence-electron chi connectivity index (χ0n) is 18.6. The van der Waals surface area contributed by atoms with Gasteiger partial charge in [-0.1, -0.05) is 67.6 Å². The summed E-state index contributed by atoms with van der Waals surface area (Å²) in [6.07, 6.45) is 1.43. The van der Waals surface area contributed by atoms with Crippen LogP contribution in [0.15, 0.2) is 103 Å². The lowest BCUT2D eigenvalue weighted by Crippen LogP contribution is -2.10. The first kappa shape index (κ1) is 21.2. The van der Waals surface area contributed by atoms with E-state index < -0.39 is 5.97 Å². The van der Waals surface area contributed by atoms with Crippen molar-refractivity contribution in [2.24, 2.45) is 0 Å². The van der Waals surface area contributed by atoms with Gasteiger partial charge in [0.05, 0.1) is 0 Å². The van der Waals surface area contributed by atoms with Crippen molar-refractivity contribution >= 4 is 29.1 Å². The molecule has 0 fully saturated rings. The van der Waals surface area contributed by atoms with E-state index in [4.69, 9.17) is 5.26 Å². The number of nitrogens with zero attached hydrogens (tertiary/aromatic N) is 2. The number of hydrogen-bond acceptors (Lipinski definition) is 3. The van der Waals surface area contributed by atoms with Crippen molar-refractivity contribution < 1.29 is 9.90 Å². The third-order valence-corrected chi connectivity index (χ3v) is 6.28.